The number of hydrogen-bond acceptors (Lipinski definition) is 6. The van der Waals surface area contributed by atoms with Crippen molar-refractivity contribution in [2.75, 3.05) is 40.0 Å². The van der Waals surface area contributed by atoms with E-state index < -0.39 is 0 Å². The molecule has 8 heteroatoms. The first-order valence-electron chi connectivity index (χ1n) is 7.28. The second-order valence-corrected chi connectivity index (χ2v) is 6.21. The lowest BCUT2D eigenvalue weighted by Crippen LogP contribution is -2.38. The molecule has 0 bridgehead atoms. The van der Waals surface area contributed by atoms with E-state index in [1.165, 1.54) is 13.3 Å². The summed E-state index contributed by atoms with van der Waals surface area (Å²) in [6.45, 7) is 3.88. The molecule has 2 rings (SSSR count). The molecule has 1 fully saturated rings. The van der Waals surface area contributed by atoms with E-state index in [2.05, 4.69) is 15.4 Å². The Morgan fingerprint density at radius 1 is 1.52 bits per heavy atom. The van der Waals surface area contributed by atoms with Gasteiger partial charge in [0, 0.05) is 26.1 Å². The van der Waals surface area contributed by atoms with Crippen molar-refractivity contribution >= 4 is 34.7 Å². The number of nitrogens with one attached hydrogen (secondary N) is 1. The predicted octanol–water partition coefficient (Wildman–Crippen LogP) is 1.18. The highest BCUT2D eigenvalue weighted by atomic mass is 127. The minimum atomic E-state index is -0.131. The van der Waals surface area contributed by atoms with Crippen LogP contribution in [0.3, 0.4) is 0 Å². The molecule has 0 unspecified atom stereocenters. The monoisotopic (exact) mass is 433 g/mol. The van der Waals surface area contributed by atoms with E-state index in [1.807, 2.05) is 22.6 Å². The van der Waals surface area contributed by atoms with Gasteiger partial charge in [-0.15, -0.1) is 0 Å². The minimum Gasteiger partial charge on any atom is -0.504 e. The van der Waals surface area contributed by atoms with Gasteiger partial charge in [-0.25, -0.2) is 5.43 Å². The van der Waals surface area contributed by atoms with Gasteiger partial charge in [0.15, 0.2) is 11.5 Å². The largest absolute Gasteiger partial charge is 0.504 e. The Bertz CT molecular complexity index is 574. The van der Waals surface area contributed by atoms with Crippen LogP contribution >= 0.6 is 22.6 Å². The normalized spacial score (nSPS) is 15.7. The third-order valence-corrected chi connectivity index (χ3v) is 4.25. The van der Waals surface area contributed by atoms with Gasteiger partial charge in [-0.05, 0) is 40.3 Å². The number of ether oxygens (including phenoxy) is 2. The van der Waals surface area contributed by atoms with Crippen LogP contribution in [0.1, 0.15) is 12.0 Å². The summed E-state index contributed by atoms with van der Waals surface area (Å²) in [6, 6.07) is 3.41. The molecular formula is C15H20IN3O4. The van der Waals surface area contributed by atoms with Gasteiger partial charge in [0.2, 0.25) is 5.91 Å². The average molecular weight is 433 g/mol. The molecule has 0 radical (unpaired) electrons. The van der Waals surface area contributed by atoms with Gasteiger partial charge in [-0.2, -0.15) is 5.10 Å². The number of rotatable bonds is 6. The molecule has 0 atom stereocenters. The number of phenolic OH excluding ortho intramolecular Hbond substituents is 1. The van der Waals surface area contributed by atoms with Crippen LogP contribution < -0.4 is 10.2 Å². The van der Waals surface area contributed by atoms with Crippen molar-refractivity contribution in [3.63, 3.8) is 0 Å². The molecule has 2 N–H and O–H groups in total. The fraction of sp³-hybridized carbons (Fsp3) is 0.467. The number of benzene rings is 1. The topological polar surface area (TPSA) is 83.4 Å². The summed E-state index contributed by atoms with van der Waals surface area (Å²) >= 11 is 2.01. The number of nitrogens with zero attached hydrogens (tertiary/aromatic N) is 2. The number of amides is 1. The molecule has 0 aliphatic carbocycles. The maximum absolute atomic E-state index is 11.8. The number of aromatic hydroxyl groups is 1. The highest BCUT2D eigenvalue weighted by molar-refractivity contribution is 14.1. The molecule has 1 saturated heterocycles. The summed E-state index contributed by atoms with van der Waals surface area (Å²) < 4.78 is 11.0. The van der Waals surface area contributed by atoms with E-state index in [1.54, 1.807) is 12.1 Å². The highest BCUT2D eigenvalue weighted by Gasteiger charge is 2.11. The number of methoxy groups -OCH3 is 1. The maximum atomic E-state index is 11.8. The van der Waals surface area contributed by atoms with Gasteiger partial charge in [-0.1, -0.05) is 0 Å². The molecule has 7 nitrogen and oxygen atoms in total. The van der Waals surface area contributed by atoms with Crippen LogP contribution in [0.2, 0.25) is 0 Å². The summed E-state index contributed by atoms with van der Waals surface area (Å²) in [5.41, 5.74) is 3.24. The van der Waals surface area contributed by atoms with Crippen LogP contribution in [0.25, 0.3) is 0 Å². The van der Waals surface area contributed by atoms with E-state index in [0.29, 0.717) is 22.3 Å². The van der Waals surface area contributed by atoms with E-state index in [0.717, 1.165) is 31.9 Å². The Morgan fingerprint density at radius 2 is 2.26 bits per heavy atom. The van der Waals surface area contributed by atoms with E-state index in [-0.39, 0.29) is 11.7 Å². The fourth-order valence-electron chi connectivity index (χ4n) is 2.14. The number of carbonyl (C=O) groups excluding carboxylic acids is 1. The molecule has 126 valence electrons. The zero-order chi connectivity index (χ0) is 16.7. The van der Waals surface area contributed by atoms with Crippen LogP contribution in [-0.4, -0.2) is 62.1 Å². The Labute approximate surface area is 148 Å². The first-order valence-corrected chi connectivity index (χ1v) is 8.36. The van der Waals surface area contributed by atoms with Gasteiger partial charge >= 0.3 is 0 Å². The quantitative estimate of drug-likeness (QED) is 0.400. The van der Waals surface area contributed by atoms with Crippen molar-refractivity contribution in [3.8, 4) is 11.5 Å². The van der Waals surface area contributed by atoms with Gasteiger partial charge < -0.3 is 14.6 Å². The molecule has 0 saturated carbocycles. The molecule has 1 aliphatic heterocycles. The third-order valence-electron chi connectivity index (χ3n) is 3.43. The molecule has 1 amide bonds. The number of halogens is 1. The van der Waals surface area contributed by atoms with Crippen molar-refractivity contribution in [2.24, 2.45) is 5.10 Å². The predicted molar refractivity (Wildman–Crippen MR) is 95.0 cm³/mol. The molecule has 1 heterocycles. The van der Waals surface area contributed by atoms with Crippen LogP contribution in [0.4, 0.5) is 0 Å². The van der Waals surface area contributed by atoms with E-state index >= 15 is 0 Å². The number of carbonyl (C=O) groups is 1. The first-order chi connectivity index (χ1) is 11.1. The van der Waals surface area contributed by atoms with Crippen LogP contribution in [0, 0.1) is 3.57 Å². The smallest absolute Gasteiger partial charge is 0.241 e. The Kier molecular flexibility index (Phi) is 7.06. The second-order valence-electron chi connectivity index (χ2n) is 5.05. The van der Waals surface area contributed by atoms with Gasteiger partial charge in [-0.3, -0.25) is 9.69 Å². The summed E-state index contributed by atoms with van der Waals surface area (Å²) in [5.74, 6) is 0.338. The van der Waals surface area contributed by atoms with Gasteiger partial charge in [0.05, 0.1) is 30.1 Å². The Hall–Kier alpha value is -1.39. The Balaban J connectivity index is 1.81. The van der Waals surface area contributed by atoms with Crippen LogP contribution in [0.15, 0.2) is 17.2 Å². The molecule has 0 aromatic heterocycles. The lowest BCUT2D eigenvalue weighted by atomic mass is 10.2. The van der Waals surface area contributed by atoms with Crippen molar-refractivity contribution in [1.82, 2.24) is 10.3 Å². The number of phenols is 1. The standard InChI is InChI=1S/C15H20IN3O4/c1-22-13-9-11(8-12(16)15(13)21)10-17-18-14(20)2-3-19-4-6-23-7-5-19/h8-10,21H,2-7H2,1H3,(H,18,20)/b17-10-. The maximum Gasteiger partial charge on any atom is 0.241 e. The zero-order valence-electron chi connectivity index (χ0n) is 12.9. The number of morpholine rings is 1. The van der Waals surface area contributed by atoms with Gasteiger partial charge in [0.25, 0.3) is 0 Å². The third kappa shape index (κ3) is 5.63. The molecule has 23 heavy (non-hydrogen) atoms. The van der Waals surface area contributed by atoms with Crippen LogP contribution in [0.5, 0.6) is 11.5 Å². The summed E-state index contributed by atoms with van der Waals surface area (Å²) in [4.78, 5) is 14.0. The van der Waals surface area contributed by atoms with E-state index in [4.69, 9.17) is 9.47 Å². The molecule has 1 aliphatic rings. The van der Waals surface area contributed by atoms with Crippen molar-refractivity contribution in [2.45, 2.75) is 6.42 Å². The first kappa shape index (κ1) is 18.0. The molecular weight excluding hydrogens is 413 g/mol. The Morgan fingerprint density at radius 3 is 2.96 bits per heavy atom. The van der Waals surface area contributed by atoms with Crippen molar-refractivity contribution in [3.05, 3.63) is 21.3 Å². The number of hydrazone groups is 1. The molecule has 1 aromatic carbocycles. The average Bonchev–Trinajstić information content (AvgIpc) is 2.57. The summed E-state index contributed by atoms with van der Waals surface area (Å²) in [6.07, 6.45) is 1.92. The van der Waals surface area contributed by atoms with E-state index in [9.17, 15) is 9.90 Å². The van der Waals surface area contributed by atoms with Gasteiger partial charge in [0.1, 0.15) is 0 Å². The lowest BCUT2D eigenvalue weighted by molar-refractivity contribution is -0.121. The van der Waals surface area contributed by atoms with Crippen molar-refractivity contribution < 1.29 is 19.4 Å². The molecule has 0 spiro atoms. The fourth-order valence-corrected chi connectivity index (χ4v) is 2.77. The zero-order valence-corrected chi connectivity index (χ0v) is 15.1. The summed E-state index contributed by atoms with van der Waals surface area (Å²) in [5, 5.41) is 13.7. The van der Waals surface area contributed by atoms with Crippen LogP contribution in [-0.2, 0) is 9.53 Å². The summed E-state index contributed by atoms with van der Waals surface area (Å²) in [7, 11) is 1.49. The SMILES string of the molecule is COc1cc(/C=N\NC(=O)CCN2CCOCC2)cc(I)c1O. The number of hydrogen-bond donors (Lipinski definition) is 2. The second kappa shape index (κ2) is 9.04. The van der Waals surface area contributed by atoms with Crippen molar-refractivity contribution in [1.29, 1.82) is 0 Å². The highest BCUT2D eigenvalue weighted by Crippen LogP contribution is 2.31. The molecule has 1 aromatic rings. The lowest BCUT2D eigenvalue weighted by Gasteiger charge is -2.25. The minimum absolute atomic E-state index is 0.0970.